The molecule has 0 aliphatic rings. The second-order valence-corrected chi connectivity index (χ2v) is 3.60. The molecule has 16 heavy (non-hydrogen) atoms. The summed E-state index contributed by atoms with van der Waals surface area (Å²) >= 11 is 1.31. The summed E-state index contributed by atoms with van der Waals surface area (Å²) in [5.74, 6) is -1.38. The van der Waals surface area contributed by atoms with Crippen molar-refractivity contribution in [1.29, 1.82) is 0 Å². The first-order valence-corrected chi connectivity index (χ1v) is 5.38. The maximum Gasteiger partial charge on any atom is 0.360 e. The van der Waals surface area contributed by atoms with Gasteiger partial charge in [0.1, 0.15) is 0 Å². The van der Waals surface area contributed by atoms with Crippen LogP contribution in [0.15, 0.2) is 16.1 Å². The van der Waals surface area contributed by atoms with Gasteiger partial charge in [-0.15, -0.1) is 0 Å². The van der Waals surface area contributed by atoms with E-state index >= 15 is 0 Å². The number of aromatic nitrogens is 4. The molecule has 0 aliphatic heterocycles. The first-order valence-electron chi connectivity index (χ1n) is 4.16. The fourth-order valence-corrected chi connectivity index (χ4v) is 1.49. The van der Waals surface area contributed by atoms with Crippen LogP contribution >= 0.6 is 11.8 Å². The molecule has 0 amide bonds. The SMILES string of the molecule is CSc1ncc2c(=O)c(C(=O)O)n[nH]c2n1. The Morgan fingerprint density at radius 1 is 1.56 bits per heavy atom. The van der Waals surface area contributed by atoms with Crippen molar-refractivity contribution in [3.05, 3.63) is 22.1 Å². The number of nitrogens with zero attached hydrogens (tertiary/aromatic N) is 3. The lowest BCUT2D eigenvalue weighted by Gasteiger charge is -1.99. The molecule has 0 bridgehead atoms. The van der Waals surface area contributed by atoms with Crippen LogP contribution in [0.4, 0.5) is 0 Å². The summed E-state index contributed by atoms with van der Waals surface area (Å²) in [6, 6.07) is 0. The monoisotopic (exact) mass is 238 g/mol. The van der Waals surface area contributed by atoms with E-state index in [4.69, 9.17) is 5.11 Å². The molecule has 2 N–H and O–H groups in total. The van der Waals surface area contributed by atoms with Crippen molar-refractivity contribution in [3.63, 3.8) is 0 Å². The van der Waals surface area contributed by atoms with Crippen molar-refractivity contribution in [2.75, 3.05) is 6.26 Å². The minimum Gasteiger partial charge on any atom is -0.476 e. The zero-order chi connectivity index (χ0) is 11.7. The minimum atomic E-state index is -1.38. The number of fused-ring (bicyclic) bond motifs is 1. The van der Waals surface area contributed by atoms with E-state index in [9.17, 15) is 9.59 Å². The molecule has 0 spiro atoms. The third-order valence-electron chi connectivity index (χ3n) is 1.89. The Hall–Kier alpha value is -1.96. The summed E-state index contributed by atoms with van der Waals surface area (Å²) in [6.45, 7) is 0. The number of aromatic carboxylic acids is 1. The van der Waals surface area contributed by atoms with Crippen LogP contribution in [-0.4, -0.2) is 37.5 Å². The van der Waals surface area contributed by atoms with Crippen molar-refractivity contribution in [2.24, 2.45) is 0 Å². The largest absolute Gasteiger partial charge is 0.476 e. The Kier molecular flexibility index (Phi) is 2.57. The van der Waals surface area contributed by atoms with E-state index in [-0.39, 0.29) is 11.0 Å². The second-order valence-electron chi connectivity index (χ2n) is 2.83. The summed E-state index contributed by atoms with van der Waals surface area (Å²) in [6.07, 6.45) is 3.08. The number of H-pyrrole nitrogens is 1. The number of thioether (sulfide) groups is 1. The van der Waals surface area contributed by atoms with Crippen molar-refractivity contribution in [3.8, 4) is 0 Å². The Bertz CT molecular complexity index is 624. The molecule has 0 radical (unpaired) electrons. The average Bonchev–Trinajstić information content (AvgIpc) is 2.28. The molecule has 82 valence electrons. The van der Waals surface area contributed by atoms with E-state index in [2.05, 4.69) is 20.2 Å². The van der Waals surface area contributed by atoms with Crippen LogP contribution in [-0.2, 0) is 0 Å². The molecule has 8 heteroatoms. The molecule has 0 atom stereocenters. The number of hydrogen-bond acceptors (Lipinski definition) is 6. The molecule has 0 aliphatic carbocycles. The van der Waals surface area contributed by atoms with E-state index in [1.165, 1.54) is 18.0 Å². The van der Waals surface area contributed by atoms with Gasteiger partial charge in [0.15, 0.2) is 10.8 Å². The van der Waals surface area contributed by atoms with Crippen LogP contribution in [0.25, 0.3) is 11.0 Å². The first kappa shape index (κ1) is 10.6. The van der Waals surface area contributed by atoms with E-state index in [0.29, 0.717) is 5.16 Å². The zero-order valence-corrected chi connectivity index (χ0v) is 8.91. The highest BCUT2D eigenvalue weighted by Crippen LogP contribution is 2.10. The van der Waals surface area contributed by atoms with Gasteiger partial charge >= 0.3 is 5.97 Å². The lowest BCUT2D eigenvalue weighted by Crippen LogP contribution is -2.19. The van der Waals surface area contributed by atoms with Crippen molar-refractivity contribution in [1.82, 2.24) is 20.2 Å². The van der Waals surface area contributed by atoms with Crippen LogP contribution in [0, 0.1) is 0 Å². The van der Waals surface area contributed by atoms with Crippen LogP contribution in [0.5, 0.6) is 0 Å². The molecule has 0 saturated heterocycles. The lowest BCUT2D eigenvalue weighted by atomic mass is 10.3. The van der Waals surface area contributed by atoms with E-state index in [1.807, 2.05) is 0 Å². The lowest BCUT2D eigenvalue weighted by molar-refractivity contribution is 0.0688. The summed E-state index contributed by atoms with van der Waals surface area (Å²) in [4.78, 5) is 30.2. The fourth-order valence-electron chi connectivity index (χ4n) is 1.15. The van der Waals surface area contributed by atoms with Crippen molar-refractivity contribution >= 4 is 28.8 Å². The molecule has 0 unspecified atom stereocenters. The highest BCUT2D eigenvalue weighted by Gasteiger charge is 2.14. The topological polar surface area (TPSA) is 109 Å². The van der Waals surface area contributed by atoms with Crippen LogP contribution in [0.3, 0.4) is 0 Å². The summed E-state index contributed by atoms with van der Waals surface area (Å²) in [5.41, 5.74) is -1.02. The molecule has 0 saturated carbocycles. The molecule has 2 aromatic rings. The maximum absolute atomic E-state index is 11.6. The third-order valence-corrected chi connectivity index (χ3v) is 2.45. The minimum absolute atomic E-state index is 0.116. The molecular weight excluding hydrogens is 232 g/mol. The van der Waals surface area contributed by atoms with Gasteiger partial charge in [0.2, 0.25) is 11.1 Å². The van der Waals surface area contributed by atoms with Crippen LogP contribution in [0.1, 0.15) is 10.5 Å². The van der Waals surface area contributed by atoms with Crippen LogP contribution in [0.2, 0.25) is 0 Å². The first-order chi connectivity index (χ1) is 7.63. The molecule has 0 aromatic carbocycles. The number of carboxylic acid groups (broad SMARTS) is 1. The maximum atomic E-state index is 11.6. The standard InChI is InChI=1S/C8H6N4O3S/c1-16-8-9-2-3-5(13)4(7(14)15)11-12-6(3)10-8/h2H,1H3,(H,14,15)(H,9,10,12,13). The Morgan fingerprint density at radius 2 is 2.31 bits per heavy atom. The average molecular weight is 238 g/mol. The summed E-state index contributed by atoms with van der Waals surface area (Å²) in [7, 11) is 0. The van der Waals surface area contributed by atoms with Gasteiger partial charge in [-0.1, -0.05) is 11.8 Å². The van der Waals surface area contributed by atoms with Gasteiger partial charge in [-0.3, -0.25) is 9.89 Å². The predicted octanol–water partition coefficient (Wildman–Crippen LogP) is 0.133. The molecule has 2 aromatic heterocycles. The molecule has 2 rings (SSSR count). The highest BCUT2D eigenvalue weighted by molar-refractivity contribution is 7.98. The number of hydrogen-bond donors (Lipinski definition) is 2. The van der Waals surface area contributed by atoms with Crippen LogP contribution < -0.4 is 5.43 Å². The van der Waals surface area contributed by atoms with Crippen molar-refractivity contribution in [2.45, 2.75) is 5.16 Å². The van der Waals surface area contributed by atoms with Gasteiger partial charge in [0, 0.05) is 6.20 Å². The van der Waals surface area contributed by atoms with E-state index in [1.54, 1.807) is 6.26 Å². The molecule has 7 nitrogen and oxygen atoms in total. The number of aromatic amines is 1. The second kappa shape index (κ2) is 3.89. The summed E-state index contributed by atoms with van der Waals surface area (Å²) in [5, 5.41) is 15.2. The van der Waals surface area contributed by atoms with Gasteiger partial charge in [0.25, 0.3) is 0 Å². The van der Waals surface area contributed by atoms with E-state index < -0.39 is 17.1 Å². The molecular formula is C8H6N4O3S. The Morgan fingerprint density at radius 3 is 2.94 bits per heavy atom. The van der Waals surface area contributed by atoms with Gasteiger partial charge in [-0.25, -0.2) is 14.8 Å². The predicted molar refractivity (Wildman–Crippen MR) is 56.7 cm³/mol. The van der Waals surface area contributed by atoms with Gasteiger partial charge < -0.3 is 5.11 Å². The zero-order valence-electron chi connectivity index (χ0n) is 8.09. The van der Waals surface area contributed by atoms with E-state index in [0.717, 1.165) is 0 Å². The smallest absolute Gasteiger partial charge is 0.360 e. The van der Waals surface area contributed by atoms with Gasteiger partial charge in [-0.05, 0) is 6.26 Å². The number of carbonyl (C=O) groups is 1. The molecule has 2 heterocycles. The Balaban J connectivity index is 2.77. The quantitative estimate of drug-likeness (QED) is 0.565. The number of rotatable bonds is 2. The van der Waals surface area contributed by atoms with Gasteiger partial charge in [-0.2, -0.15) is 5.10 Å². The Labute approximate surface area is 92.9 Å². The van der Waals surface area contributed by atoms with Crippen molar-refractivity contribution < 1.29 is 9.90 Å². The molecule has 0 fully saturated rings. The highest BCUT2D eigenvalue weighted by atomic mass is 32.2. The summed E-state index contributed by atoms with van der Waals surface area (Å²) < 4.78 is 0. The normalized spacial score (nSPS) is 10.6. The number of carboxylic acids is 1. The fraction of sp³-hybridized carbons (Fsp3) is 0.125. The van der Waals surface area contributed by atoms with Gasteiger partial charge in [0.05, 0.1) is 5.39 Å². The third kappa shape index (κ3) is 1.63. The number of nitrogens with one attached hydrogen (secondary N) is 1.